The van der Waals surface area contributed by atoms with Gasteiger partial charge < -0.3 is 5.32 Å². The first-order valence-corrected chi connectivity index (χ1v) is 6.97. The van der Waals surface area contributed by atoms with Crippen LogP contribution >= 0.6 is 23.8 Å². The standard InChI is InChI=1S/C14H9ClFN3O3S/c15-9-3-1-8(2-4-9)13(20)18-14(23)17-10-5-6-11(16)12(7-10)19(21)22/h1-7H,(H2,17,18,20,23). The first-order valence-electron chi connectivity index (χ1n) is 6.18. The molecule has 0 saturated carbocycles. The molecule has 0 atom stereocenters. The number of carbonyl (C=O) groups excluding carboxylic acids is 1. The van der Waals surface area contributed by atoms with Crippen molar-refractivity contribution in [1.82, 2.24) is 5.32 Å². The van der Waals surface area contributed by atoms with Crippen molar-refractivity contribution in [1.29, 1.82) is 0 Å². The van der Waals surface area contributed by atoms with Gasteiger partial charge in [-0.15, -0.1) is 0 Å². The Morgan fingerprint density at radius 1 is 1.22 bits per heavy atom. The van der Waals surface area contributed by atoms with Gasteiger partial charge in [0.2, 0.25) is 5.82 Å². The fourth-order valence-corrected chi connectivity index (χ4v) is 2.01. The van der Waals surface area contributed by atoms with Crippen LogP contribution in [0.5, 0.6) is 0 Å². The van der Waals surface area contributed by atoms with E-state index in [0.29, 0.717) is 10.6 Å². The maximum atomic E-state index is 13.2. The third-order valence-corrected chi connectivity index (χ3v) is 3.19. The Kier molecular flexibility index (Phi) is 5.20. The van der Waals surface area contributed by atoms with E-state index in [-0.39, 0.29) is 10.8 Å². The number of anilines is 1. The summed E-state index contributed by atoms with van der Waals surface area (Å²) in [5.41, 5.74) is -0.176. The summed E-state index contributed by atoms with van der Waals surface area (Å²) >= 11 is 10.7. The predicted molar refractivity (Wildman–Crippen MR) is 88.2 cm³/mol. The van der Waals surface area contributed by atoms with Crippen molar-refractivity contribution in [3.05, 3.63) is 69.0 Å². The first kappa shape index (κ1) is 16.8. The summed E-state index contributed by atoms with van der Waals surface area (Å²) in [5, 5.41) is 16.1. The van der Waals surface area contributed by atoms with E-state index in [9.17, 15) is 19.3 Å². The van der Waals surface area contributed by atoms with Crippen LogP contribution in [-0.4, -0.2) is 15.9 Å². The van der Waals surface area contributed by atoms with Crippen molar-refractivity contribution in [2.45, 2.75) is 0 Å². The van der Waals surface area contributed by atoms with Crippen LogP contribution in [-0.2, 0) is 0 Å². The topological polar surface area (TPSA) is 84.3 Å². The highest BCUT2D eigenvalue weighted by Gasteiger charge is 2.15. The van der Waals surface area contributed by atoms with E-state index < -0.39 is 22.3 Å². The van der Waals surface area contributed by atoms with Crippen molar-refractivity contribution in [3.63, 3.8) is 0 Å². The normalized spacial score (nSPS) is 10.0. The molecule has 0 unspecified atom stereocenters. The van der Waals surface area contributed by atoms with E-state index in [1.165, 1.54) is 18.2 Å². The predicted octanol–water partition coefficient (Wildman–Crippen LogP) is 3.51. The Morgan fingerprint density at radius 3 is 2.48 bits per heavy atom. The summed E-state index contributed by atoms with van der Waals surface area (Å²) in [6.07, 6.45) is 0. The Labute approximate surface area is 140 Å². The van der Waals surface area contributed by atoms with Crippen LogP contribution in [0.15, 0.2) is 42.5 Å². The van der Waals surface area contributed by atoms with Gasteiger partial charge in [-0.05, 0) is 48.6 Å². The molecule has 0 spiro atoms. The van der Waals surface area contributed by atoms with Gasteiger partial charge in [-0.25, -0.2) is 0 Å². The van der Waals surface area contributed by atoms with Crippen molar-refractivity contribution >= 4 is 46.2 Å². The summed E-state index contributed by atoms with van der Waals surface area (Å²) in [6, 6.07) is 9.32. The molecular weight excluding hydrogens is 345 g/mol. The number of hydrogen-bond donors (Lipinski definition) is 2. The minimum absolute atomic E-state index is 0.0779. The quantitative estimate of drug-likeness (QED) is 0.501. The van der Waals surface area contributed by atoms with Gasteiger partial charge in [-0.3, -0.25) is 20.2 Å². The van der Waals surface area contributed by atoms with Gasteiger partial charge in [0, 0.05) is 22.3 Å². The average Bonchev–Trinajstić information content (AvgIpc) is 2.49. The lowest BCUT2D eigenvalue weighted by Crippen LogP contribution is -2.34. The lowest BCUT2D eigenvalue weighted by molar-refractivity contribution is -0.387. The number of hydrogen-bond acceptors (Lipinski definition) is 4. The van der Waals surface area contributed by atoms with E-state index in [2.05, 4.69) is 10.6 Å². The number of nitro benzene ring substituents is 1. The molecule has 2 rings (SSSR count). The molecule has 0 radical (unpaired) electrons. The molecule has 6 nitrogen and oxygen atoms in total. The molecule has 0 aliphatic heterocycles. The van der Waals surface area contributed by atoms with E-state index in [1.54, 1.807) is 12.1 Å². The molecule has 0 heterocycles. The van der Waals surface area contributed by atoms with Crippen LogP contribution in [0, 0.1) is 15.9 Å². The Bertz CT molecular complexity index is 783. The monoisotopic (exact) mass is 353 g/mol. The lowest BCUT2D eigenvalue weighted by Gasteiger charge is -2.09. The second-order valence-electron chi connectivity index (χ2n) is 4.34. The smallest absolute Gasteiger partial charge is 0.306 e. The molecule has 0 aliphatic carbocycles. The highest BCUT2D eigenvalue weighted by atomic mass is 35.5. The van der Waals surface area contributed by atoms with Crippen LogP contribution in [0.1, 0.15) is 10.4 Å². The number of halogens is 2. The lowest BCUT2D eigenvalue weighted by atomic mass is 10.2. The molecule has 0 aliphatic rings. The highest BCUT2D eigenvalue weighted by molar-refractivity contribution is 7.80. The molecular formula is C14H9ClFN3O3S. The minimum atomic E-state index is -0.961. The largest absolute Gasteiger partial charge is 0.332 e. The molecule has 118 valence electrons. The van der Waals surface area contributed by atoms with Gasteiger partial charge in [0.25, 0.3) is 5.91 Å². The maximum absolute atomic E-state index is 13.2. The fraction of sp³-hybridized carbons (Fsp3) is 0. The number of nitrogens with one attached hydrogen (secondary N) is 2. The van der Waals surface area contributed by atoms with Crippen LogP contribution in [0.2, 0.25) is 5.02 Å². The summed E-state index contributed by atoms with van der Waals surface area (Å²) in [6.45, 7) is 0. The zero-order chi connectivity index (χ0) is 17.0. The first-order chi connectivity index (χ1) is 10.9. The van der Waals surface area contributed by atoms with Crippen LogP contribution in [0.25, 0.3) is 0 Å². The van der Waals surface area contributed by atoms with E-state index >= 15 is 0 Å². The molecule has 0 fully saturated rings. The number of nitrogens with zero attached hydrogens (tertiary/aromatic N) is 1. The third kappa shape index (κ3) is 4.44. The van der Waals surface area contributed by atoms with Gasteiger partial charge in [0.15, 0.2) is 5.11 Å². The number of carbonyl (C=O) groups is 1. The molecule has 0 bridgehead atoms. The molecule has 2 aromatic carbocycles. The van der Waals surface area contributed by atoms with Crippen molar-refractivity contribution in [3.8, 4) is 0 Å². The van der Waals surface area contributed by atoms with Crippen molar-refractivity contribution < 1.29 is 14.1 Å². The molecule has 0 saturated heterocycles. The summed E-state index contributed by atoms with van der Waals surface area (Å²) < 4.78 is 13.2. The molecule has 0 aromatic heterocycles. The van der Waals surface area contributed by atoms with E-state index in [1.807, 2.05) is 0 Å². The Hall–Kier alpha value is -2.58. The number of nitro groups is 1. The van der Waals surface area contributed by atoms with Gasteiger partial charge in [0.1, 0.15) is 0 Å². The number of amides is 1. The van der Waals surface area contributed by atoms with Gasteiger partial charge in [-0.1, -0.05) is 11.6 Å². The SMILES string of the molecule is O=C(NC(=S)Nc1ccc(F)c([N+](=O)[O-])c1)c1ccc(Cl)cc1. The summed E-state index contributed by atoms with van der Waals surface area (Å²) in [7, 11) is 0. The van der Waals surface area contributed by atoms with Gasteiger partial charge >= 0.3 is 5.69 Å². The Morgan fingerprint density at radius 2 is 1.87 bits per heavy atom. The van der Waals surface area contributed by atoms with E-state index in [0.717, 1.165) is 12.1 Å². The second kappa shape index (κ2) is 7.12. The molecule has 1 amide bonds. The summed E-state index contributed by atoms with van der Waals surface area (Å²) in [4.78, 5) is 21.8. The summed E-state index contributed by atoms with van der Waals surface area (Å²) in [5.74, 6) is -1.44. The molecule has 2 aromatic rings. The number of benzene rings is 2. The average molecular weight is 354 g/mol. The van der Waals surface area contributed by atoms with Crippen LogP contribution in [0.3, 0.4) is 0 Å². The van der Waals surface area contributed by atoms with Crippen LogP contribution < -0.4 is 10.6 Å². The number of rotatable bonds is 3. The second-order valence-corrected chi connectivity index (χ2v) is 5.18. The minimum Gasteiger partial charge on any atom is -0.332 e. The zero-order valence-corrected chi connectivity index (χ0v) is 13.0. The third-order valence-electron chi connectivity index (χ3n) is 2.73. The van der Waals surface area contributed by atoms with E-state index in [4.69, 9.17) is 23.8 Å². The van der Waals surface area contributed by atoms with Gasteiger partial charge in [0.05, 0.1) is 4.92 Å². The highest BCUT2D eigenvalue weighted by Crippen LogP contribution is 2.21. The van der Waals surface area contributed by atoms with Crippen molar-refractivity contribution in [2.24, 2.45) is 0 Å². The maximum Gasteiger partial charge on any atom is 0.306 e. The molecule has 2 N–H and O–H groups in total. The molecule has 23 heavy (non-hydrogen) atoms. The Balaban J connectivity index is 2.05. The van der Waals surface area contributed by atoms with Crippen LogP contribution in [0.4, 0.5) is 15.8 Å². The molecule has 9 heteroatoms. The number of thiocarbonyl (C=S) groups is 1. The van der Waals surface area contributed by atoms with Crippen molar-refractivity contribution in [2.75, 3.05) is 5.32 Å². The fourth-order valence-electron chi connectivity index (χ4n) is 1.67. The van der Waals surface area contributed by atoms with Gasteiger partial charge in [-0.2, -0.15) is 4.39 Å². The zero-order valence-electron chi connectivity index (χ0n) is 11.4.